The third-order valence-electron chi connectivity index (χ3n) is 3.20. The Morgan fingerprint density at radius 3 is 2.73 bits per heavy atom. The van der Waals surface area contributed by atoms with Crippen molar-refractivity contribution in [3.8, 4) is 0 Å². The van der Waals surface area contributed by atoms with E-state index in [4.69, 9.17) is 4.74 Å². The summed E-state index contributed by atoms with van der Waals surface area (Å²) in [5.74, 6) is 0.279. The second-order valence-corrected chi connectivity index (χ2v) is 6.91. The van der Waals surface area contributed by atoms with Gasteiger partial charge in [0.05, 0.1) is 18.0 Å². The monoisotopic (exact) mass is 233 g/mol. The lowest BCUT2D eigenvalue weighted by Gasteiger charge is -2.19. The number of rotatable bonds is 5. The van der Waals surface area contributed by atoms with Crippen LogP contribution in [0.4, 0.5) is 0 Å². The highest BCUT2D eigenvalue weighted by molar-refractivity contribution is 7.90. The van der Waals surface area contributed by atoms with Gasteiger partial charge in [-0.1, -0.05) is 0 Å². The van der Waals surface area contributed by atoms with Gasteiger partial charge in [0.1, 0.15) is 9.84 Å². The molecule has 15 heavy (non-hydrogen) atoms. The van der Waals surface area contributed by atoms with Crippen LogP contribution in [0.5, 0.6) is 0 Å². The zero-order chi connectivity index (χ0) is 10.9. The minimum atomic E-state index is -2.80. The van der Waals surface area contributed by atoms with Crippen LogP contribution in [0.2, 0.25) is 0 Å². The topological polar surface area (TPSA) is 55.4 Å². The molecule has 2 saturated heterocycles. The quantitative estimate of drug-likeness (QED) is 0.695. The summed E-state index contributed by atoms with van der Waals surface area (Å²) in [6, 6.07) is 0.461. The van der Waals surface area contributed by atoms with E-state index in [2.05, 4.69) is 5.32 Å². The van der Waals surface area contributed by atoms with E-state index in [1.807, 2.05) is 0 Å². The van der Waals surface area contributed by atoms with Crippen LogP contribution in [0, 0.1) is 0 Å². The van der Waals surface area contributed by atoms with Crippen LogP contribution in [0.1, 0.15) is 25.7 Å². The van der Waals surface area contributed by atoms with E-state index >= 15 is 0 Å². The largest absolute Gasteiger partial charge is 0.373 e. The Labute approximate surface area is 91.3 Å². The van der Waals surface area contributed by atoms with E-state index in [1.165, 1.54) is 12.7 Å². The van der Waals surface area contributed by atoms with Crippen molar-refractivity contribution in [1.82, 2.24) is 5.32 Å². The minimum Gasteiger partial charge on any atom is -0.373 e. The first-order chi connectivity index (χ1) is 7.04. The van der Waals surface area contributed by atoms with Gasteiger partial charge in [0.25, 0.3) is 0 Å². The van der Waals surface area contributed by atoms with E-state index in [0.717, 1.165) is 19.4 Å². The molecule has 0 aromatic rings. The highest BCUT2D eigenvalue weighted by atomic mass is 32.2. The molecule has 2 heterocycles. The van der Waals surface area contributed by atoms with Crippen LogP contribution in [-0.2, 0) is 14.6 Å². The van der Waals surface area contributed by atoms with Gasteiger partial charge in [-0.3, -0.25) is 0 Å². The molecule has 2 fully saturated rings. The molecule has 2 bridgehead atoms. The number of ether oxygens (including phenoxy) is 1. The van der Waals surface area contributed by atoms with Gasteiger partial charge in [0, 0.05) is 12.3 Å². The average molecular weight is 233 g/mol. The molecule has 0 radical (unpaired) electrons. The zero-order valence-electron chi connectivity index (χ0n) is 9.11. The van der Waals surface area contributed by atoms with Gasteiger partial charge in [0.2, 0.25) is 0 Å². The summed E-state index contributed by atoms with van der Waals surface area (Å²) < 4.78 is 27.5. The van der Waals surface area contributed by atoms with Crippen LogP contribution in [0.3, 0.4) is 0 Å². The van der Waals surface area contributed by atoms with Crippen molar-refractivity contribution in [3.05, 3.63) is 0 Å². The van der Waals surface area contributed by atoms with Gasteiger partial charge in [0.15, 0.2) is 0 Å². The molecule has 3 atom stereocenters. The fourth-order valence-electron chi connectivity index (χ4n) is 2.47. The maximum absolute atomic E-state index is 10.9. The summed E-state index contributed by atoms with van der Waals surface area (Å²) in [5.41, 5.74) is 0. The van der Waals surface area contributed by atoms with E-state index in [0.29, 0.717) is 24.7 Å². The van der Waals surface area contributed by atoms with Gasteiger partial charge in [-0.25, -0.2) is 8.42 Å². The van der Waals surface area contributed by atoms with Gasteiger partial charge in [-0.05, 0) is 32.2 Å². The fraction of sp³-hybridized carbons (Fsp3) is 1.00. The number of hydrogen-bond donors (Lipinski definition) is 1. The van der Waals surface area contributed by atoms with Gasteiger partial charge in [-0.2, -0.15) is 0 Å². The summed E-state index contributed by atoms with van der Waals surface area (Å²) in [4.78, 5) is 0. The molecule has 0 saturated carbocycles. The maximum Gasteiger partial charge on any atom is 0.147 e. The molecular weight excluding hydrogens is 214 g/mol. The predicted molar refractivity (Wildman–Crippen MR) is 58.6 cm³/mol. The van der Waals surface area contributed by atoms with Crippen molar-refractivity contribution in [2.75, 3.05) is 18.6 Å². The summed E-state index contributed by atoms with van der Waals surface area (Å²) in [7, 11) is -2.80. The lowest BCUT2D eigenvalue weighted by Crippen LogP contribution is -2.38. The van der Waals surface area contributed by atoms with E-state index in [1.54, 1.807) is 0 Å². The fourth-order valence-corrected chi connectivity index (χ4v) is 3.14. The molecular formula is C10H19NO3S. The summed E-state index contributed by atoms with van der Waals surface area (Å²) >= 11 is 0. The molecule has 3 unspecified atom stereocenters. The van der Waals surface area contributed by atoms with Crippen LogP contribution in [0.15, 0.2) is 0 Å². The summed E-state index contributed by atoms with van der Waals surface area (Å²) in [5, 5.41) is 3.40. The SMILES string of the molecule is CS(=O)(=O)CCCNC1CC2CCC1O2. The van der Waals surface area contributed by atoms with Gasteiger partial charge in [-0.15, -0.1) is 0 Å². The van der Waals surface area contributed by atoms with E-state index in [-0.39, 0.29) is 5.75 Å². The van der Waals surface area contributed by atoms with E-state index in [9.17, 15) is 8.42 Å². The third-order valence-corrected chi connectivity index (χ3v) is 4.23. The summed E-state index contributed by atoms with van der Waals surface area (Å²) in [6.07, 6.45) is 6.29. The first-order valence-electron chi connectivity index (χ1n) is 5.61. The van der Waals surface area contributed by atoms with Crippen LogP contribution >= 0.6 is 0 Å². The summed E-state index contributed by atoms with van der Waals surface area (Å²) in [6.45, 7) is 0.782. The van der Waals surface area contributed by atoms with Crippen molar-refractivity contribution >= 4 is 9.84 Å². The number of fused-ring (bicyclic) bond motifs is 2. The Balaban J connectivity index is 1.63. The Bertz CT molecular complexity index is 315. The lowest BCUT2D eigenvalue weighted by atomic mass is 9.95. The average Bonchev–Trinajstić information content (AvgIpc) is 2.71. The Morgan fingerprint density at radius 1 is 1.40 bits per heavy atom. The smallest absolute Gasteiger partial charge is 0.147 e. The molecule has 0 spiro atoms. The number of nitrogens with one attached hydrogen (secondary N) is 1. The molecule has 0 aromatic heterocycles. The van der Waals surface area contributed by atoms with Crippen molar-refractivity contribution in [3.63, 3.8) is 0 Å². The Morgan fingerprint density at radius 2 is 2.20 bits per heavy atom. The first-order valence-corrected chi connectivity index (χ1v) is 7.67. The second-order valence-electron chi connectivity index (χ2n) is 4.65. The van der Waals surface area contributed by atoms with Crippen molar-refractivity contribution < 1.29 is 13.2 Å². The zero-order valence-corrected chi connectivity index (χ0v) is 9.92. The van der Waals surface area contributed by atoms with Crippen molar-refractivity contribution in [2.45, 2.75) is 43.9 Å². The third kappa shape index (κ3) is 3.16. The van der Waals surface area contributed by atoms with Crippen LogP contribution < -0.4 is 5.32 Å². The predicted octanol–water partition coefficient (Wildman–Crippen LogP) is 0.331. The number of hydrogen-bond acceptors (Lipinski definition) is 4. The molecule has 0 aromatic carbocycles. The van der Waals surface area contributed by atoms with Crippen molar-refractivity contribution in [2.24, 2.45) is 0 Å². The Kier molecular flexibility index (Phi) is 3.33. The Hall–Kier alpha value is -0.130. The lowest BCUT2D eigenvalue weighted by molar-refractivity contribution is 0.0975. The molecule has 2 aliphatic rings. The number of sulfone groups is 1. The van der Waals surface area contributed by atoms with Gasteiger partial charge < -0.3 is 10.1 Å². The molecule has 0 aliphatic carbocycles. The van der Waals surface area contributed by atoms with Gasteiger partial charge >= 0.3 is 0 Å². The molecule has 5 heteroatoms. The normalized spacial score (nSPS) is 34.9. The molecule has 88 valence electrons. The molecule has 0 amide bonds. The molecule has 1 N–H and O–H groups in total. The highest BCUT2D eigenvalue weighted by Crippen LogP contribution is 2.34. The molecule has 2 rings (SSSR count). The molecule has 4 nitrogen and oxygen atoms in total. The minimum absolute atomic E-state index is 0.279. The van der Waals surface area contributed by atoms with E-state index < -0.39 is 9.84 Å². The van der Waals surface area contributed by atoms with Crippen LogP contribution in [0.25, 0.3) is 0 Å². The second kappa shape index (κ2) is 4.39. The maximum atomic E-state index is 10.9. The highest BCUT2D eigenvalue weighted by Gasteiger charge is 2.40. The standard InChI is InChI=1S/C10H19NO3S/c1-15(12,13)6-2-5-11-9-7-8-3-4-10(9)14-8/h8-11H,2-7H2,1H3. The van der Waals surface area contributed by atoms with Crippen LogP contribution in [-0.4, -0.2) is 45.2 Å². The molecule has 2 aliphatic heterocycles. The first kappa shape index (κ1) is 11.4. The van der Waals surface area contributed by atoms with Crippen molar-refractivity contribution in [1.29, 1.82) is 0 Å².